The summed E-state index contributed by atoms with van der Waals surface area (Å²) in [6.45, 7) is 2.20. The maximum Gasteiger partial charge on any atom is 0.306 e. The Kier molecular flexibility index (Phi) is 3.95. The van der Waals surface area contributed by atoms with Crippen LogP contribution < -0.4 is 0 Å². The monoisotopic (exact) mass is 276 g/mol. The minimum atomic E-state index is -0.0658. The zero-order valence-corrected chi connectivity index (χ0v) is 12.2. The first-order chi connectivity index (χ1) is 9.65. The predicted octanol–water partition coefficient (Wildman–Crippen LogP) is 3.28. The minimum absolute atomic E-state index is 0.0658. The number of fused-ring (bicyclic) bond motifs is 1. The second-order valence-corrected chi connectivity index (χ2v) is 6.78. The Morgan fingerprint density at radius 3 is 2.75 bits per heavy atom. The molecule has 0 spiro atoms. The molecule has 3 fully saturated rings. The van der Waals surface area contributed by atoms with Crippen LogP contribution in [0, 0.1) is 23.7 Å². The number of carbonyl (C=O) groups is 2. The number of esters is 1. The van der Waals surface area contributed by atoms with Gasteiger partial charge in [-0.25, -0.2) is 0 Å². The molecule has 3 aliphatic rings. The molecule has 0 N–H and O–H groups in total. The lowest BCUT2D eigenvalue weighted by Gasteiger charge is -2.19. The summed E-state index contributed by atoms with van der Waals surface area (Å²) in [6, 6.07) is 0. The Morgan fingerprint density at radius 1 is 1.25 bits per heavy atom. The van der Waals surface area contributed by atoms with Crippen molar-refractivity contribution < 1.29 is 14.3 Å². The van der Waals surface area contributed by atoms with Crippen LogP contribution in [0.1, 0.15) is 51.9 Å². The van der Waals surface area contributed by atoms with Gasteiger partial charge < -0.3 is 4.74 Å². The summed E-state index contributed by atoms with van der Waals surface area (Å²) in [6.07, 6.45) is 11.2. The Hall–Kier alpha value is -1.12. The lowest BCUT2D eigenvalue weighted by atomic mass is 9.84. The maximum absolute atomic E-state index is 12.2. The first-order valence-corrected chi connectivity index (χ1v) is 8.06. The van der Waals surface area contributed by atoms with E-state index in [1.807, 2.05) is 6.08 Å². The molecule has 0 aromatic carbocycles. The van der Waals surface area contributed by atoms with Gasteiger partial charge in [-0.2, -0.15) is 0 Å². The maximum atomic E-state index is 12.2. The lowest BCUT2D eigenvalue weighted by molar-refractivity contribution is -0.141. The number of rotatable bonds is 3. The van der Waals surface area contributed by atoms with E-state index in [2.05, 4.69) is 13.0 Å². The molecule has 4 atom stereocenters. The molecule has 4 unspecified atom stereocenters. The van der Waals surface area contributed by atoms with Gasteiger partial charge in [0.2, 0.25) is 0 Å². The zero-order valence-electron chi connectivity index (χ0n) is 12.2. The summed E-state index contributed by atoms with van der Waals surface area (Å²) in [4.78, 5) is 23.6. The van der Waals surface area contributed by atoms with Gasteiger partial charge in [0.1, 0.15) is 6.10 Å². The molecule has 0 aromatic heterocycles. The second-order valence-electron chi connectivity index (χ2n) is 6.78. The average Bonchev–Trinajstić information content (AvgIpc) is 2.92. The Bertz CT molecular complexity index is 420. The van der Waals surface area contributed by atoms with Crippen molar-refractivity contribution >= 4 is 11.8 Å². The van der Waals surface area contributed by atoms with Gasteiger partial charge in [0.15, 0.2) is 5.78 Å². The highest BCUT2D eigenvalue weighted by Gasteiger charge is 2.47. The highest BCUT2D eigenvalue weighted by molar-refractivity contribution is 5.91. The molecule has 2 saturated carbocycles. The summed E-state index contributed by atoms with van der Waals surface area (Å²) in [5.74, 6) is 1.61. The number of carbonyl (C=O) groups excluding carboxylic acids is 2. The van der Waals surface area contributed by atoms with Gasteiger partial charge in [0, 0.05) is 11.8 Å². The third kappa shape index (κ3) is 2.68. The summed E-state index contributed by atoms with van der Waals surface area (Å²) < 4.78 is 5.35. The fraction of sp³-hybridized carbons (Fsp3) is 0.765. The van der Waals surface area contributed by atoms with Crippen molar-refractivity contribution in [2.24, 2.45) is 23.7 Å². The largest absolute Gasteiger partial charge is 0.462 e. The van der Waals surface area contributed by atoms with Gasteiger partial charge in [-0.05, 0) is 37.2 Å². The van der Waals surface area contributed by atoms with E-state index in [0.717, 1.165) is 19.3 Å². The molecule has 110 valence electrons. The summed E-state index contributed by atoms with van der Waals surface area (Å²) in [5, 5.41) is 0. The van der Waals surface area contributed by atoms with E-state index < -0.39 is 0 Å². The van der Waals surface area contributed by atoms with Crippen molar-refractivity contribution in [1.82, 2.24) is 0 Å². The van der Waals surface area contributed by atoms with E-state index in [0.29, 0.717) is 30.0 Å². The fourth-order valence-electron chi connectivity index (χ4n) is 4.24. The third-order valence-electron chi connectivity index (χ3n) is 5.41. The normalized spacial score (nSPS) is 38.1. The van der Waals surface area contributed by atoms with Crippen LogP contribution in [0.5, 0.6) is 0 Å². The van der Waals surface area contributed by atoms with E-state index in [-0.39, 0.29) is 18.0 Å². The van der Waals surface area contributed by atoms with Gasteiger partial charge in [-0.1, -0.05) is 32.3 Å². The van der Waals surface area contributed by atoms with Gasteiger partial charge in [0.05, 0.1) is 6.42 Å². The van der Waals surface area contributed by atoms with Gasteiger partial charge >= 0.3 is 5.97 Å². The van der Waals surface area contributed by atoms with Crippen LogP contribution in [0.3, 0.4) is 0 Å². The van der Waals surface area contributed by atoms with Crippen LogP contribution in [0.4, 0.5) is 0 Å². The molecule has 3 heteroatoms. The van der Waals surface area contributed by atoms with Crippen molar-refractivity contribution in [3.63, 3.8) is 0 Å². The molecule has 0 bridgehead atoms. The summed E-state index contributed by atoms with van der Waals surface area (Å²) in [7, 11) is 0. The standard InChI is InChI=1S/C17H24O3/c1-11-9-16-14(10-17(19)20-16)13(11)7-8-15(18)12-5-3-2-4-6-12/h7-8,11-14,16H,2-6,9-10H2,1H3/b8-7+. The topological polar surface area (TPSA) is 43.4 Å². The summed E-state index contributed by atoms with van der Waals surface area (Å²) in [5.41, 5.74) is 0. The van der Waals surface area contributed by atoms with Crippen molar-refractivity contribution in [1.29, 1.82) is 0 Å². The Morgan fingerprint density at radius 2 is 2.00 bits per heavy atom. The molecule has 3 rings (SSSR count). The van der Waals surface area contributed by atoms with Crippen molar-refractivity contribution in [2.45, 2.75) is 58.0 Å². The Balaban J connectivity index is 1.62. The van der Waals surface area contributed by atoms with Crippen LogP contribution in [0.15, 0.2) is 12.2 Å². The van der Waals surface area contributed by atoms with E-state index in [1.165, 1.54) is 19.3 Å². The van der Waals surface area contributed by atoms with Crippen LogP contribution >= 0.6 is 0 Å². The molecular formula is C17H24O3. The molecule has 0 amide bonds. The molecule has 1 saturated heterocycles. The fourth-order valence-corrected chi connectivity index (χ4v) is 4.24. The quantitative estimate of drug-likeness (QED) is 0.587. The first-order valence-electron chi connectivity index (χ1n) is 8.06. The van der Waals surface area contributed by atoms with Gasteiger partial charge in [-0.15, -0.1) is 0 Å². The molecule has 0 radical (unpaired) electrons. The van der Waals surface area contributed by atoms with Gasteiger partial charge in [0.25, 0.3) is 0 Å². The molecule has 3 nitrogen and oxygen atoms in total. The van der Waals surface area contributed by atoms with Crippen LogP contribution in [-0.2, 0) is 14.3 Å². The van der Waals surface area contributed by atoms with E-state index in [1.54, 1.807) is 0 Å². The average molecular weight is 276 g/mol. The molecule has 1 aliphatic heterocycles. The zero-order chi connectivity index (χ0) is 14.1. The van der Waals surface area contributed by atoms with E-state index >= 15 is 0 Å². The van der Waals surface area contributed by atoms with Crippen molar-refractivity contribution in [3.8, 4) is 0 Å². The highest BCUT2D eigenvalue weighted by atomic mass is 16.6. The van der Waals surface area contributed by atoms with Crippen molar-refractivity contribution in [2.75, 3.05) is 0 Å². The number of allylic oxidation sites excluding steroid dienone is 2. The lowest BCUT2D eigenvalue weighted by Crippen LogP contribution is -2.17. The third-order valence-corrected chi connectivity index (χ3v) is 5.41. The van der Waals surface area contributed by atoms with Gasteiger partial charge in [-0.3, -0.25) is 9.59 Å². The highest BCUT2D eigenvalue weighted by Crippen LogP contribution is 2.45. The number of hydrogen-bond acceptors (Lipinski definition) is 3. The first kappa shape index (κ1) is 13.8. The Labute approximate surface area is 120 Å². The van der Waals surface area contributed by atoms with Crippen LogP contribution in [0.2, 0.25) is 0 Å². The minimum Gasteiger partial charge on any atom is -0.462 e. The number of ketones is 1. The molecular weight excluding hydrogens is 252 g/mol. The SMILES string of the molecule is CC1CC2OC(=O)CC2C1/C=C/C(=O)C1CCCCC1. The van der Waals surface area contributed by atoms with Crippen molar-refractivity contribution in [3.05, 3.63) is 12.2 Å². The predicted molar refractivity (Wildman–Crippen MR) is 76.0 cm³/mol. The number of hydrogen-bond donors (Lipinski definition) is 0. The molecule has 2 aliphatic carbocycles. The summed E-state index contributed by atoms with van der Waals surface area (Å²) >= 11 is 0. The molecule has 1 heterocycles. The second kappa shape index (κ2) is 5.71. The van der Waals surface area contributed by atoms with E-state index in [4.69, 9.17) is 4.74 Å². The van der Waals surface area contributed by atoms with E-state index in [9.17, 15) is 9.59 Å². The van der Waals surface area contributed by atoms with Crippen LogP contribution in [-0.4, -0.2) is 17.9 Å². The molecule has 0 aromatic rings. The number of ether oxygens (including phenoxy) is 1. The van der Waals surface area contributed by atoms with Crippen LogP contribution in [0.25, 0.3) is 0 Å². The smallest absolute Gasteiger partial charge is 0.306 e. The molecule has 20 heavy (non-hydrogen) atoms.